The van der Waals surface area contributed by atoms with Gasteiger partial charge in [-0.1, -0.05) is 20.8 Å². The van der Waals surface area contributed by atoms with Crippen molar-refractivity contribution in [2.75, 3.05) is 12.8 Å². The first-order valence-corrected chi connectivity index (χ1v) is 5.32. The lowest BCUT2D eigenvalue weighted by Crippen LogP contribution is -2.04. The van der Waals surface area contributed by atoms with Crippen LogP contribution in [-0.2, 0) is 4.79 Å². The Balaban J connectivity index is 3.73. The summed E-state index contributed by atoms with van der Waals surface area (Å²) in [5.41, 5.74) is 0.451. The predicted octanol–water partition coefficient (Wildman–Crippen LogP) is 2.30. The third kappa shape index (κ3) is 2.95. The molecule has 0 aliphatic heterocycles. The SMILES string of the molecule is CCP(C)C(=O)C(C)C. The molecule has 0 aromatic carbocycles. The van der Waals surface area contributed by atoms with E-state index >= 15 is 0 Å². The summed E-state index contributed by atoms with van der Waals surface area (Å²) in [6.45, 7) is 8.07. The van der Waals surface area contributed by atoms with Gasteiger partial charge in [-0.3, -0.25) is 4.79 Å². The van der Waals surface area contributed by atoms with Crippen molar-refractivity contribution in [2.24, 2.45) is 5.92 Å². The monoisotopic (exact) mass is 146 g/mol. The van der Waals surface area contributed by atoms with Crippen LogP contribution in [0.5, 0.6) is 0 Å². The van der Waals surface area contributed by atoms with Crippen molar-refractivity contribution < 1.29 is 4.79 Å². The molecule has 0 aliphatic carbocycles. The van der Waals surface area contributed by atoms with Gasteiger partial charge in [0, 0.05) is 5.92 Å². The summed E-state index contributed by atoms with van der Waals surface area (Å²) >= 11 is 0. The summed E-state index contributed by atoms with van der Waals surface area (Å²) < 4.78 is 0. The lowest BCUT2D eigenvalue weighted by molar-refractivity contribution is -0.114. The number of hydrogen-bond acceptors (Lipinski definition) is 1. The van der Waals surface area contributed by atoms with Crippen molar-refractivity contribution in [3.63, 3.8) is 0 Å². The average molecular weight is 146 g/mol. The predicted molar refractivity (Wildman–Crippen MR) is 43.2 cm³/mol. The van der Waals surface area contributed by atoms with Crippen molar-refractivity contribution in [3.05, 3.63) is 0 Å². The number of hydrogen-bond donors (Lipinski definition) is 0. The number of carbonyl (C=O) groups is 1. The van der Waals surface area contributed by atoms with E-state index in [1.165, 1.54) is 0 Å². The highest BCUT2D eigenvalue weighted by molar-refractivity contribution is 7.74. The van der Waals surface area contributed by atoms with E-state index in [4.69, 9.17) is 0 Å². The van der Waals surface area contributed by atoms with E-state index in [0.29, 0.717) is 5.52 Å². The standard InChI is InChI=1S/C7H15OP/c1-5-9(4)7(8)6(2)3/h6H,5H2,1-4H3. The largest absolute Gasteiger partial charge is 0.294 e. The molecule has 54 valence electrons. The van der Waals surface area contributed by atoms with E-state index in [9.17, 15) is 4.79 Å². The zero-order chi connectivity index (χ0) is 7.44. The van der Waals surface area contributed by atoms with E-state index < -0.39 is 0 Å². The minimum Gasteiger partial charge on any atom is -0.294 e. The van der Waals surface area contributed by atoms with Gasteiger partial charge in [0.1, 0.15) is 0 Å². The fourth-order valence-electron chi connectivity index (χ4n) is 0.597. The molecule has 0 N–H and O–H groups in total. The summed E-state index contributed by atoms with van der Waals surface area (Å²) in [6.07, 6.45) is 1.03. The fourth-order valence-corrected chi connectivity index (χ4v) is 1.79. The Bertz CT molecular complexity index is 99.1. The summed E-state index contributed by atoms with van der Waals surface area (Å²) in [5.74, 6) is 0.237. The molecule has 9 heavy (non-hydrogen) atoms. The van der Waals surface area contributed by atoms with E-state index in [2.05, 4.69) is 13.6 Å². The Hall–Kier alpha value is 0.100. The summed E-state index contributed by atoms with van der Waals surface area (Å²) in [6, 6.07) is 0. The van der Waals surface area contributed by atoms with Gasteiger partial charge in [-0.2, -0.15) is 0 Å². The number of rotatable bonds is 3. The lowest BCUT2D eigenvalue weighted by atomic mass is 10.3. The molecular formula is C7H15OP. The Kier molecular flexibility index (Phi) is 4.05. The molecule has 0 heterocycles. The van der Waals surface area contributed by atoms with Gasteiger partial charge in [0.2, 0.25) is 0 Å². The Labute approximate surface area is 58.6 Å². The van der Waals surface area contributed by atoms with Gasteiger partial charge in [0.05, 0.1) is 0 Å². The first-order valence-electron chi connectivity index (χ1n) is 3.34. The molecular weight excluding hydrogens is 131 g/mol. The fraction of sp³-hybridized carbons (Fsp3) is 0.857. The molecule has 0 fully saturated rings. The molecule has 0 radical (unpaired) electrons. The van der Waals surface area contributed by atoms with Crippen LogP contribution in [0, 0.1) is 5.92 Å². The second-order valence-electron chi connectivity index (χ2n) is 2.51. The smallest absolute Gasteiger partial charge is 0.156 e. The van der Waals surface area contributed by atoms with Gasteiger partial charge in [-0.05, 0) is 20.7 Å². The van der Waals surface area contributed by atoms with Crippen molar-refractivity contribution >= 4 is 13.4 Å². The third-order valence-electron chi connectivity index (χ3n) is 1.34. The molecule has 1 nitrogen and oxygen atoms in total. The van der Waals surface area contributed by atoms with Crippen LogP contribution in [0.2, 0.25) is 0 Å². The molecule has 1 atom stereocenters. The number of carbonyl (C=O) groups excluding carboxylic acids is 1. The van der Waals surface area contributed by atoms with Crippen LogP contribution in [-0.4, -0.2) is 18.4 Å². The maximum absolute atomic E-state index is 11.1. The zero-order valence-electron chi connectivity index (χ0n) is 6.64. The van der Waals surface area contributed by atoms with Crippen molar-refractivity contribution in [2.45, 2.75) is 20.8 Å². The van der Waals surface area contributed by atoms with E-state index in [-0.39, 0.29) is 13.8 Å². The van der Waals surface area contributed by atoms with E-state index in [1.54, 1.807) is 0 Å². The van der Waals surface area contributed by atoms with Gasteiger partial charge in [-0.25, -0.2) is 0 Å². The van der Waals surface area contributed by atoms with Crippen LogP contribution in [0.4, 0.5) is 0 Å². The molecule has 0 bridgehead atoms. The molecule has 0 aromatic heterocycles. The second kappa shape index (κ2) is 4.00. The van der Waals surface area contributed by atoms with Crippen molar-refractivity contribution in [3.8, 4) is 0 Å². The Morgan fingerprint density at radius 1 is 1.56 bits per heavy atom. The first kappa shape index (κ1) is 9.10. The van der Waals surface area contributed by atoms with Gasteiger partial charge >= 0.3 is 0 Å². The maximum Gasteiger partial charge on any atom is 0.156 e. The summed E-state index contributed by atoms with van der Waals surface area (Å²) in [7, 11) is -0.318. The summed E-state index contributed by atoms with van der Waals surface area (Å²) in [5, 5.41) is 0. The molecule has 0 amide bonds. The highest BCUT2D eigenvalue weighted by Crippen LogP contribution is 2.33. The molecule has 1 unspecified atom stereocenters. The van der Waals surface area contributed by atoms with Crippen LogP contribution in [0.1, 0.15) is 20.8 Å². The quantitative estimate of drug-likeness (QED) is 0.558. The zero-order valence-corrected chi connectivity index (χ0v) is 7.53. The minimum absolute atomic E-state index is 0.237. The molecule has 0 spiro atoms. The maximum atomic E-state index is 11.1. The molecule has 0 aliphatic rings. The molecule has 0 saturated carbocycles. The van der Waals surface area contributed by atoms with Gasteiger partial charge < -0.3 is 0 Å². The molecule has 0 rings (SSSR count). The second-order valence-corrected chi connectivity index (χ2v) is 4.98. The van der Waals surface area contributed by atoms with Crippen molar-refractivity contribution in [1.82, 2.24) is 0 Å². The third-order valence-corrected chi connectivity index (χ3v) is 3.56. The topological polar surface area (TPSA) is 17.1 Å². The first-order chi connectivity index (χ1) is 4.09. The summed E-state index contributed by atoms with van der Waals surface area (Å²) in [4.78, 5) is 11.1. The van der Waals surface area contributed by atoms with Crippen LogP contribution in [0.15, 0.2) is 0 Å². The average Bonchev–Trinajstić information content (AvgIpc) is 1.84. The molecule has 0 aromatic rings. The van der Waals surface area contributed by atoms with Crippen LogP contribution >= 0.6 is 7.92 Å². The van der Waals surface area contributed by atoms with E-state index in [0.717, 1.165) is 6.16 Å². The van der Waals surface area contributed by atoms with Crippen LogP contribution in [0.3, 0.4) is 0 Å². The van der Waals surface area contributed by atoms with Gasteiger partial charge in [0.25, 0.3) is 0 Å². The highest BCUT2D eigenvalue weighted by atomic mass is 31.1. The van der Waals surface area contributed by atoms with Gasteiger partial charge in [-0.15, -0.1) is 0 Å². The van der Waals surface area contributed by atoms with E-state index in [1.807, 2.05) is 13.8 Å². The van der Waals surface area contributed by atoms with Crippen LogP contribution < -0.4 is 0 Å². The van der Waals surface area contributed by atoms with Gasteiger partial charge in [0.15, 0.2) is 5.52 Å². The lowest BCUT2D eigenvalue weighted by Gasteiger charge is -2.09. The molecule has 0 saturated heterocycles. The normalized spacial score (nSPS) is 13.9. The van der Waals surface area contributed by atoms with Crippen molar-refractivity contribution in [1.29, 1.82) is 0 Å². The van der Waals surface area contributed by atoms with Crippen LogP contribution in [0.25, 0.3) is 0 Å². The Morgan fingerprint density at radius 3 is 2.11 bits per heavy atom. The molecule has 2 heteroatoms. The Morgan fingerprint density at radius 2 is 2.00 bits per heavy atom. The highest BCUT2D eigenvalue weighted by Gasteiger charge is 2.12. The minimum atomic E-state index is -0.318.